The number of ketones is 1. The van der Waals surface area contributed by atoms with Crippen LogP contribution in [0.5, 0.6) is 0 Å². The Morgan fingerprint density at radius 1 is 1.25 bits per heavy atom. The van der Waals surface area contributed by atoms with Crippen LogP contribution in [0.25, 0.3) is 0 Å². The fraction of sp³-hybridized carbons (Fsp3) is 0.800. The normalized spacial score (nSPS) is 23.7. The summed E-state index contributed by atoms with van der Waals surface area (Å²) >= 11 is 0. The first kappa shape index (κ1) is 20.9. The number of aliphatic carboxylic acids is 1. The Labute approximate surface area is 146 Å². The van der Waals surface area contributed by atoms with Gasteiger partial charge in [0.2, 0.25) is 0 Å². The summed E-state index contributed by atoms with van der Waals surface area (Å²) in [5.41, 5.74) is -1.63. The maximum absolute atomic E-state index is 12.1. The van der Waals surface area contributed by atoms with Gasteiger partial charge in [-0.25, -0.2) is 4.79 Å². The lowest BCUT2D eigenvalue weighted by Crippen LogP contribution is -2.34. The molecule has 1 aliphatic rings. The molecule has 4 heteroatoms. The van der Waals surface area contributed by atoms with Gasteiger partial charge in [0.25, 0.3) is 0 Å². The van der Waals surface area contributed by atoms with E-state index in [0.29, 0.717) is 24.5 Å². The molecule has 1 fully saturated rings. The van der Waals surface area contributed by atoms with Crippen LogP contribution in [0.15, 0.2) is 12.2 Å². The molecule has 1 unspecified atom stereocenters. The van der Waals surface area contributed by atoms with Crippen LogP contribution in [0, 0.1) is 11.8 Å². The van der Waals surface area contributed by atoms with Gasteiger partial charge in [0.05, 0.1) is 0 Å². The number of Topliss-reactive ketones (excluding diaryl/α,β-unsaturated/α-hetero) is 1. The summed E-state index contributed by atoms with van der Waals surface area (Å²) in [6.07, 6.45) is 14.6. The lowest BCUT2D eigenvalue weighted by atomic mass is 9.89. The van der Waals surface area contributed by atoms with E-state index in [1.165, 1.54) is 26.2 Å². The summed E-state index contributed by atoms with van der Waals surface area (Å²) in [6.45, 7) is 3.54. The smallest absolute Gasteiger partial charge is 0.335 e. The maximum Gasteiger partial charge on any atom is 0.335 e. The van der Waals surface area contributed by atoms with E-state index in [1.807, 2.05) is 0 Å². The maximum atomic E-state index is 12.1. The Morgan fingerprint density at radius 2 is 2.00 bits per heavy atom. The van der Waals surface area contributed by atoms with Crippen LogP contribution in [0.3, 0.4) is 0 Å². The molecule has 0 aromatic heterocycles. The molecule has 1 aliphatic carbocycles. The molecule has 0 aliphatic heterocycles. The minimum absolute atomic E-state index is 0.146. The second-order valence-corrected chi connectivity index (χ2v) is 7.38. The second kappa shape index (κ2) is 10.7. The van der Waals surface area contributed by atoms with E-state index in [0.717, 1.165) is 32.1 Å². The number of carboxylic acid groups (broad SMARTS) is 1. The number of unbranched alkanes of at least 4 members (excludes halogenated alkanes) is 5. The van der Waals surface area contributed by atoms with Crippen molar-refractivity contribution in [1.82, 2.24) is 0 Å². The van der Waals surface area contributed by atoms with Crippen LogP contribution >= 0.6 is 0 Å². The predicted octanol–water partition coefficient (Wildman–Crippen LogP) is 4.50. The number of rotatable bonds is 12. The molecule has 0 aromatic carbocycles. The first-order valence-electron chi connectivity index (χ1n) is 9.53. The van der Waals surface area contributed by atoms with Crippen LogP contribution in [0.2, 0.25) is 0 Å². The van der Waals surface area contributed by atoms with E-state index in [2.05, 4.69) is 19.1 Å². The number of carboxylic acids is 1. The number of carbonyl (C=O) groups is 2. The van der Waals surface area contributed by atoms with Gasteiger partial charge < -0.3 is 10.2 Å². The lowest BCUT2D eigenvalue weighted by molar-refractivity contribution is -0.157. The van der Waals surface area contributed by atoms with Crippen molar-refractivity contribution in [3.63, 3.8) is 0 Å². The molecular weight excluding hydrogens is 304 g/mol. The number of aliphatic hydroxyl groups is 1. The monoisotopic (exact) mass is 338 g/mol. The van der Waals surface area contributed by atoms with Crippen LogP contribution < -0.4 is 0 Å². The van der Waals surface area contributed by atoms with Crippen LogP contribution in [0.1, 0.15) is 84.5 Å². The van der Waals surface area contributed by atoms with Crippen molar-refractivity contribution in [2.24, 2.45) is 11.8 Å². The first-order valence-corrected chi connectivity index (χ1v) is 9.53. The van der Waals surface area contributed by atoms with Crippen LogP contribution in [0.4, 0.5) is 0 Å². The number of hydrogen-bond donors (Lipinski definition) is 2. The molecule has 1 rings (SSSR count). The summed E-state index contributed by atoms with van der Waals surface area (Å²) < 4.78 is 0. The molecule has 0 bridgehead atoms. The van der Waals surface area contributed by atoms with Gasteiger partial charge in [-0.05, 0) is 51.4 Å². The number of carbonyl (C=O) groups excluding carboxylic acids is 1. The molecule has 2 N–H and O–H groups in total. The molecule has 24 heavy (non-hydrogen) atoms. The molecule has 0 radical (unpaired) electrons. The average molecular weight is 338 g/mol. The van der Waals surface area contributed by atoms with Crippen LogP contribution in [-0.2, 0) is 9.59 Å². The molecule has 3 atom stereocenters. The van der Waals surface area contributed by atoms with Crippen molar-refractivity contribution in [2.45, 2.75) is 90.1 Å². The topological polar surface area (TPSA) is 74.6 Å². The first-order chi connectivity index (χ1) is 11.4. The van der Waals surface area contributed by atoms with Gasteiger partial charge in [-0.2, -0.15) is 0 Å². The highest BCUT2D eigenvalue weighted by Gasteiger charge is 2.32. The van der Waals surface area contributed by atoms with Gasteiger partial charge in [0, 0.05) is 12.3 Å². The quantitative estimate of drug-likeness (QED) is 0.406. The molecular formula is C20H34O4. The largest absolute Gasteiger partial charge is 0.479 e. The van der Waals surface area contributed by atoms with Gasteiger partial charge in [-0.1, -0.05) is 44.8 Å². The third-order valence-corrected chi connectivity index (χ3v) is 5.15. The van der Waals surface area contributed by atoms with E-state index < -0.39 is 11.6 Å². The lowest BCUT2D eigenvalue weighted by Gasteiger charge is -2.18. The molecule has 0 amide bonds. The Bertz CT molecular complexity index is 425. The summed E-state index contributed by atoms with van der Waals surface area (Å²) in [6, 6.07) is 0. The summed E-state index contributed by atoms with van der Waals surface area (Å²) in [4.78, 5) is 22.9. The summed E-state index contributed by atoms with van der Waals surface area (Å²) in [5, 5.41) is 18.6. The van der Waals surface area contributed by atoms with Gasteiger partial charge >= 0.3 is 5.97 Å². The van der Waals surface area contributed by atoms with Gasteiger partial charge in [0.1, 0.15) is 5.78 Å². The van der Waals surface area contributed by atoms with Crippen molar-refractivity contribution >= 4 is 11.8 Å². The molecule has 0 aromatic rings. The Morgan fingerprint density at radius 3 is 2.67 bits per heavy atom. The van der Waals surface area contributed by atoms with Crippen molar-refractivity contribution in [1.29, 1.82) is 0 Å². The Hall–Kier alpha value is -1.16. The van der Waals surface area contributed by atoms with Crippen molar-refractivity contribution < 1.29 is 19.8 Å². The van der Waals surface area contributed by atoms with Gasteiger partial charge in [-0.15, -0.1) is 0 Å². The average Bonchev–Trinajstić information content (AvgIpc) is 2.87. The molecule has 138 valence electrons. The van der Waals surface area contributed by atoms with E-state index in [-0.39, 0.29) is 12.3 Å². The summed E-state index contributed by atoms with van der Waals surface area (Å²) in [7, 11) is 0. The van der Waals surface area contributed by atoms with E-state index in [9.17, 15) is 14.7 Å². The minimum atomic E-state index is -1.63. The molecule has 4 nitrogen and oxygen atoms in total. The molecule has 0 saturated heterocycles. The summed E-state index contributed by atoms with van der Waals surface area (Å²) in [5.74, 6) is -0.244. The number of allylic oxidation sites excluding steroid dienone is 2. The van der Waals surface area contributed by atoms with Gasteiger partial charge in [0.15, 0.2) is 5.60 Å². The zero-order valence-corrected chi connectivity index (χ0v) is 15.3. The zero-order chi connectivity index (χ0) is 18.0. The highest BCUT2D eigenvalue weighted by Crippen LogP contribution is 2.34. The highest BCUT2D eigenvalue weighted by molar-refractivity contribution is 5.83. The predicted molar refractivity (Wildman–Crippen MR) is 95.8 cm³/mol. The Balaban J connectivity index is 2.28. The highest BCUT2D eigenvalue weighted by atomic mass is 16.4. The van der Waals surface area contributed by atoms with Crippen molar-refractivity contribution in [2.75, 3.05) is 0 Å². The van der Waals surface area contributed by atoms with Gasteiger partial charge in [-0.3, -0.25) is 4.79 Å². The third-order valence-electron chi connectivity index (χ3n) is 5.15. The fourth-order valence-electron chi connectivity index (χ4n) is 3.44. The molecule has 0 heterocycles. The Kier molecular flexibility index (Phi) is 9.27. The number of hydrogen-bond acceptors (Lipinski definition) is 3. The minimum Gasteiger partial charge on any atom is -0.479 e. The third kappa shape index (κ3) is 7.16. The molecule has 1 saturated carbocycles. The van der Waals surface area contributed by atoms with E-state index in [4.69, 9.17) is 5.11 Å². The van der Waals surface area contributed by atoms with Crippen molar-refractivity contribution in [3.8, 4) is 0 Å². The SMILES string of the molecule is CCCCCC=C[C@H]1CCC(=O)[C@@H]1CCCCCC(C)(O)C(=O)O. The zero-order valence-electron chi connectivity index (χ0n) is 15.3. The fourth-order valence-corrected chi connectivity index (χ4v) is 3.44. The molecule has 0 spiro atoms. The standard InChI is InChI=1S/C20H34O4/c1-3-4-5-6-8-11-16-13-14-18(21)17(16)12-9-7-10-15-20(2,24)19(22)23/h8,11,16-17,24H,3-7,9-10,12-15H2,1-2H3,(H,22,23)/t16-,17+,20?/m0/s1. The van der Waals surface area contributed by atoms with E-state index >= 15 is 0 Å². The second-order valence-electron chi connectivity index (χ2n) is 7.38. The van der Waals surface area contributed by atoms with Crippen molar-refractivity contribution in [3.05, 3.63) is 12.2 Å². The van der Waals surface area contributed by atoms with E-state index in [1.54, 1.807) is 0 Å². The van der Waals surface area contributed by atoms with Crippen LogP contribution in [-0.4, -0.2) is 27.6 Å².